The highest BCUT2D eigenvalue weighted by molar-refractivity contribution is 9.10. The monoisotopic (exact) mass is 375 g/mol. The minimum Gasteiger partial charge on any atom is -0.494 e. The molecule has 0 aromatic heterocycles. The number of hydrogen-bond acceptors (Lipinski definition) is 4. The van der Waals surface area contributed by atoms with E-state index in [0.717, 1.165) is 11.1 Å². The summed E-state index contributed by atoms with van der Waals surface area (Å²) in [4.78, 5) is 13.5. The van der Waals surface area contributed by atoms with E-state index in [1.165, 1.54) is 20.3 Å². The molecule has 1 aliphatic heterocycles. The molecule has 0 saturated carbocycles. The minimum atomic E-state index is -3.42. The number of rotatable bonds is 2. The summed E-state index contributed by atoms with van der Waals surface area (Å²) < 4.78 is 30.3. The van der Waals surface area contributed by atoms with Crippen LogP contribution < -0.4 is 4.74 Å². The fourth-order valence-corrected chi connectivity index (χ4v) is 4.68. The standard InChI is InChI=1S/C14H18BrNO4S/c1-9(17)16-6-4-10-8-12(15)13(20-2)14(21(3,18)19)11(10)5-7-16/h8H,4-7H2,1-3H3. The number of hydrogen-bond donors (Lipinski definition) is 0. The summed E-state index contributed by atoms with van der Waals surface area (Å²) in [5, 5.41) is 0. The van der Waals surface area contributed by atoms with E-state index in [1.807, 2.05) is 6.07 Å². The number of fused-ring (bicyclic) bond motifs is 1. The van der Waals surface area contributed by atoms with Gasteiger partial charge in [-0.15, -0.1) is 0 Å². The van der Waals surface area contributed by atoms with Gasteiger partial charge in [0.2, 0.25) is 5.91 Å². The Morgan fingerprint density at radius 1 is 1.33 bits per heavy atom. The van der Waals surface area contributed by atoms with Crippen LogP contribution in [0.5, 0.6) is 5.75 Å². The van der Waals surface area contributed by atoms with Gasteiger partial charge in [-0.3, -0.25) is 4.79 Å². The van der Waals surface area contributed by atoms with Crippen molar-refractivity contribution in [3.05, 3.63) is 21.7 Å². The zero-order valence-corrected chi connectivity index (χ0v) is 14.7. The molecule has 0 fully saturated rings. The maximum Gasteiger partial charge on any atom is 0.219 e. The van der Waals surface area contributed by atoms with Crippen LogP contribution in [0.4, 0.5) is 0 Å². The summed E-state index contributed by atoms with van der Waals surface area (Å²) >= 11 is 3.38. The van der Waals surface area contributed by atoms with Crippen LogP contribution in [0.1, 0.15) is 18.1 Å². The summed E-state index contributed by atoms with van der Waals surface area (Å²) in [6.07, 6.45) is 2.34. The average molecular weight is 376 g/mol. The molecule has 1 aromatic rings. The number of sulfone groups is 1. The molecule has 0 atom stereocenters. The summed E-state index contributed by atoms with van der Waals surface area (Å²) in [6.45, 7) is 2.66. The number of benzene rings is 1. The van der Waals surface area contributed by atoms with E-state index in [-0.39, 0.29) is 10.8 Å². The van der Waals surface area contributed by atoms with Crippen LogP contribution in [0.3, 0.4) is 0 Å². The van der Waals surface area contributed by atoms with Crippen LogP contribution in [0.15, 0.2) is 15.4 Å². The highest BCUT2D eigenvalue weighted by Crippen LogP contribution is 2.38. The lowest BCUT2D eigenvalue weighted by Gasteiger charge is -2.17. The van der Waals surface area contributed by atoms with E-state index in [2.05, 4.69) is 15.9 Å². The minimum absolute atomic E-state index is 0.00902. The molecule has 0 radical (unpaired) electrons. The van der Waals surface area contributed by atoms with E-state index in [9.17, 15) is 13.2 Å². The molecular weight excluding hydrogens is 358 g/mol. The Morgan fingerprint density at radius 2 is 1.95 bits per heavy atom. The van der Waals surface area contributed by atoms with Gasteiger partial charge in [0.25, 0.3) is 0 Å². The van der Waals surface area contributed by atoms with E-state index < -0.39 is 9.84 Å². The molecular formula is C14H18BrNO4S. The number of nitrogens with zero attached hydrogens (tertiary/aromatic N) is 1. The quantitative estimate of drug-likeness (QED) is 0.790. The number of carbonyl (C=O) groups is 1. The summed E-state index contributed by atoms with van der Waals surface area (Å²) in [7, 11) is -1.96. The van der Waals surface area contributed by atoms with E-state index in [4.69, 9.17) is 4.74 Å². The van der Waals surface area contributed by atoms with Crippen LogP contribution in [-0.4, -0.2) is 45.7 Å². The molecule has 1 amide bonds. The lowest BCUT2D eigenvalue weighted by Crippen LogP contribution is -2.31. The largest absolute Gasteiger partial charge is 0.494 e. The number of ether oxygens (including phenoxy) is 1. The van der Waals surface area contributed by atoms with Gasteiger partial charge in [0, 0.05) is 26.3 Å². The first-order valence-corrected chi connectivity index (χ1v) is 9.28. The molecule has 1 aromatic carbocycles. The molecule has 1 aliphatic rings. The van der Waals surface area contributed by atoms with Crippen LogP contribution in [0.2, 0.25) is 0 Å². The second kappa shape index (κ2) is 5.96. The molecule has 1 heterocycles. The second-order valence-electron chi connectivity index (χ2n) is 5.14. The predicted molar refractivity (Wildman–Crippen MR) is 83.5 cm³/mol. The molecule has 0 bridgehead atoms. The Kier molecular flexibility index (Phi) is 4.63. The molecule has 21 heavy (non-hydrogen) atoms. The van der Waals surface area contributed by atoms with Crippen LogP contribution in [0.25, 0.3) is 0 Å². The molecule has 0 N–H and O–H groups in total. The third kappa shape index (κ3) is 3.23. The SMILES string of the molecule is COc1c(Br)cc2c(c1S(C)(=O)=O)CCN(C(C)=O)CC2. The normalized spacial score (nSPS) is 15.3. The molecule has 0 saturated heterocycles. The average Bonchev–Trinajstić information content (AvgIpc) is 2.58. The fraction of sp³-hybridized carbons (Fsp3) is 0.500. The van der Waals surface area contributed by atoms with Crippen LogP contribution >= 0.6 is 15.9 Å². The van der Waals surface area contributed by atoms with Gasteiger partial charge in [-0.2, -0.15) is 0 Å². The Morgan fingerprint density at radius 3 is 2.48 bits per heavy atom. The third-order valence-electron chi connectivity index (χ3n) is 3.69. The summed E-state index contributed by atoms with van der Waals surface area (Å²) in [6, 6.07) is 1.90. The third-order valence-corrected chi connectivity index (χ3v) is 5.45. The van der Waals surface area contributed by atoms with Crippen LogP contribution in [-0.2, 0) is 27.5 Å². The van der Waals surface area contributed by atoms with Crippen molar-refractivity contribution in [1.29, 1.82) is 0 Å². The van der Waals surface area contributed by atoms with Gasteiger partial charge in [-0.1, -0.05) is 0 Å². The first-order valence-electron chi connectivity index (χ1n) is 6.59. The van der Waals surface area contributed by atoms with Gasteiger partial charge in [-0.05, 0) is 46.0 Å². The zero-order chi connectivity index (χ0) is 15.8. The summed E-state index contributed by atoms with van der Waals surface area (Å²) in [5.41, 5.74) is 1.72. The van der Waals surface area contributed by atoms with E-state index in [1.54, 1.807) is 4.90 Å². The van der Waals surface area contributed by atoms with Gasteiger partial charge >= 0.3 is 0 Å². The van der Waals surface area contributed by atoms with Gasteiger partial charge in [0.15, 0.2) is 15.6 Å². The first-order chi connectivity index (χ1) is 9.75. The topological polar surface area (TPSA) is 63.7 Å². The molecule has 116 valence electrons. The molecule has 0 spiro atoms. The van der Waals surface area contributed by atoms with Crippen molar-refractivity contribution >= 4 is 31.7 Å². The molecule has 0 unspecified atom stereocenters. The molecule has 2 rings (SSSR count). The van der Waals surface area contributed by atoms with E-state index >= 15 is 0 Å². The smallest absolute Gasteiger partial charge is 0.219 e. The van der Waals surface area contributed by atoms with Crippen molar-refractivity contribution in [1.82, 2.24) is 4.90 Å². The van der Waals surface area contributed by atoms with Gasteiger partial charge < -0.3 is 9.64 Å². The number of halogens is 1. The summed E-state index contributed by atoms with van der Waals surface area (Å²) in [5.74, 6) is 0.349. The zero-order valence-electron chi connectivity index (χ0n) is 12.3. The maximum atomic E-state index is 12.2. The van der Waals surface area contributed by atoms with Crippen molar-refractivity contribution in [2.45, 2.75) is 24.7 Å². The molecule has 5 nitrogen and oxygen atoms in total. The highest BCUT2D eigenvalue weighted by atomic mass is 79.9. The fourth-order valence-electron chi connectivity index (χ4n) is 2.71. The predicted octanol–water partition coefficient (Wildman–Crippen LogP) is 1.81. The molecule has 0 aliphatic carbocycles. The lowest BCUT2D eigenvalue weighted by atomic mass is 10.0. The Balaban J connectivity index is 2.62. The molecule has 7 heteroatoms. The Bertz CT molecular complexity index is 685. The first kappa shape index (κ1) is 16.3. The number of amides is 1. The number of methoxy groups -OCH3 is 1. The number of carbonyl (C=O) groups excluding carboxylic acids is 1. The van der Waals surface area contributed by atoms with E-state index in [0.29, 0.717) is 36.2 Å². The Labute approximate surface area is 133 Å². The van der Waals surface area contributed by atoms with Crippen molar-refractivity contribution in [3.63, 3.8) is 0 Å². The van der Waals surface area contributed by atoms with Crippen molar-refractivity contribution in [2.24, 2.45) is 0 Å². The van der Waals surface area contributed by atoms with Gasteiger partial charge in [0.05, 0.1) is 11.6 Å². The van der Waals surface area contributed by atoms with Crippen molar-refractivity contribution < 1.29 is 17.9 Å². The highest BCUT2D eigenvalue weighted by Gasteiger charge is 2.27. The van der Waals surface area contributed by atoms with Gasteiger partial charge in [0.1, 0.15) is 4.90 Å². The lowest BCUT2D eigenvalue weighted by molar-refractivity contribution is -0.128. The second-order valence-corrected chi connectivity index (χ2v) is 7.94. The maximum absolute atomic E-state index is 12.2. The van der Waals surface area contributed by atoms with Crippen molar-refractivity contribution in [2.75, 3.05) is 26.5 Å². The Hall–Kier alpha value is -1.08. The van der Waals surface area contributed by atoms with Crippen molar-refractivity contribution in [3.8, 4) is 5.75 Å². The van der Waals surface area contributed by atoms with Gasteiger partial charge in [-0.25, -0.2) is 8.42 Å². The van der Waals surface area contributed by atoms with Crippen LogP contribution in [0, 0.1) is 0 Å².